The van der Waals surface area contributed by atoms with Crippen LogP contribution in [0.3, 0.4) is 0 Å². The normalized spacial score (nSPS) is 10.7. The molecule has 2 aromatic heterocycles. The predicted octanol–water partition coefficient (Wildman–Crippen LogP) is 2.16. The van der Waals surface area contributed by atoms with E-state index in [-0.39, 0.29) is 0 Å². The molecule has 0 saturated carbocycles. The van der Waals surface area contributed by atoms with Gasteiger partial charge in [0.1, 0.15) is 0 Å². The van der Waals surface area contributed by atoms with E-state index < -0.39 is 0 Å². The van der Waals surface area contributed by atoms with Gasteiger partial charge in [0.15, 0.2) is 0 Å². The van der Waals surface area contributed by atoms with Crippen LogP contribution in [-0.4, -0.2) is 9.97 Å². The van der Waals surface area contributed by atoms with Gasteiger partial charge in [-0.1, -0.05) is 0 Å². The zero-order valence-electron chi connectivity index (χ0n) is 6.13. The number of nitrogens with one attached hydrogen (secondary N) is 1. The summed E-state index contributed by atoms with van der Waals surface area (Å²) in [7, 11) is 0. The molecule has 0 bridgehead atoms. The molecule has 1 N–H and O–H groups in total. The Morgan fingerprint density at radius 1 is 1.45 bits per heavy atom. The van der Waals surface area contributed by atoms with Crippen LogP contribution in [0.1, 0.15) is 5.69 Å². The maximum absolute atomic E-state index is 4.19. The highest BCUT2D eigenvalue weighted by Gasteiger charge is 1.96. The SMILES string of the molecule is Cc1cc2cc(S)[nH]c2cn1. The van der Waals surface area contributed by atoms with E-state index in [1.54, 1.807) is 0 Å². The summed E-state index contributed by atoms with van der Waals surface area (Å²) in [5.74, 6) is 0. The number of hydrogen-bond acceptors (Lipinski definition) is 2. The summed E-state index contributed by atoms with van der Waals surface area (Å²) in [5.41, 5.74) is 2.07. The summed E-state index contributed by atoms with van der Waals surface area (Å²) in [6.07, 6.45) is 1.82. The van der Waals surface area contributed by atoms with E-state index in [2.05, 4.69) is 22.6 Å². The van der Waals surface area contributed by atoms with Gasteiger partial charge in [-0.2, -0.15) is 0 Å². The van der Waals surface area contributed by atoms with Crippen molar-refractivity contribution in [1.82, 2.24) is 9.97 Å². The number of aromatic amines is 1. The lowest BCUT2D eigenvalue weighted by molar-refractivity contribution is 1.20. The molecular formula is C8H8N2S. The molecule has 0 unspecified atom stereocenters. The highest BCUT2D eigenvalue weighted by Crippen LogP contribution is 2.16. The standard InChI is InChI=1S/C8H8N2S/c1-5-2-6-3-8(11)10-7(6)4-9-5/h2-4,10-11H,1H3. The van der Waals surface area contributed by atoms with Gasteiger partial charge in [-0.3, -0.25) is 4.98 Å². The van der Waals surface area contributed by atoms with Crippen LogP contribution >= 0.6 is 12.6 Å². The van der Waals surface area contributed by atoms with Gasteiger partial charge >= 0.3 is 0 Å². The number of aryl methyl sites for hydroxylation is 1. The van der Waals surface area contributed by atoms with Gasteiger partial charge in [0, 0.05) is 11.1 Å². The summed E-state index contributed by atoms with van der Waals surface area (Å²) >= 11 is 4.19. The summed E-state index contributed by atoms with van der Waals surface area (Å²) in [5, 5.41) is 2.05. The number of thiol groups is 1. The molecule has 0 radical (unpaired) electrons. The van der Waals surface area contributed by atoms with Crippen LogP contribution in [0.15, 0.2) is 23.4 Å². The number of rotatable bonds is 0. The fourth-order valence-electron chi connectivity index (χ4n) is 1.13. The van der Waals surface area contributed by atoms with E-state index in [4.69, 9.17) is 0 Å². The maximum atomic E-state index is 4.19. The van der Waals surface area contributed by atoms with Crippen molar-refractivity contribution in [3.63, 3.8) is 0 Å². The summed E-state index contributed by atoms with van der Waals surface area (Å²) in [6, 6.07) is 4.03. The number of fused-ring (bicyclic) bond motifs is 1. The molecule has 0 fully saturated rings. The van der Waals surface area contributed by atoms with Crippen LogP contribution in [0, 0.1) is 6.92 Å². The number of H-pyrrole nitrogens is 1. The van der Waals surface area contributed by atoms with Gasteiger partial charge in [-0.15, -0.1) is 12.6 Å². The third kappa shape index (κ3) is 1.12. The van der Waals surface area contributed by atoms with Crippen LogP contribution in [0.4, 0.5) is 0 Å². The quantitative estimate of drug-likeness (QED) is 0.574. The van der Waals surface area contributed by atoms with Crippen molar-refractivity contribution in [2.24, 2.45) is 0 Å². The molecule has 0 aromatic carbocycles. The van der Waals surface area contributed by atoms with Gasteiger partial charge in [0.05, 0.1) is 16.7 Å². The van der Waals surface area contributed by atoms with Crippen LogP contribution < -0.4 is 0 Å². The van der Waals surface area contributed by atoms with E-state index in [0.29, 0.717) is 0 Å². The smallest absolute Gasteiger partial charge is 0.0701 e. The lowest BCUT2D eigenvalue weighted by Crippen LogP contribution is -1.77. The van der Waals surface area contributed by atoms with E-state index in [1.165, 1.54) is 5.39 Å². The molecule has 2 rings (SSSR count). The number of hydrogen-bond donors (Lipinski definition) is 2. The molecule has 2 nitrogen and oxygen atoms in total. The van der Waals surface area contributed by atoms with E-state index in [0.717, 1.165) is 16.2 Å². The lowest BCUT2D eigenvalue weighted by Gasteiger charge is -1.89. The average molecular weight is 164 g/mol. The van der Waals surface area contributed by atoms with Crippen LogP contribution in [0.5, 0.6) is 0 Å². The first-order valence-electron chi connectivity index (χ1n) is 3.40. The third-order valence-electron chi connectivity index (χ3n) is 1.63. The minimum Gasteiger partial charge on any atom is -0.349 e. The predicted molar refractivity (Wildman–Crippen MR) is 48.1 cm³/mol. The lowest BCUT2D eigenvalue weighted by atomic mass is 10.3. The van der Waals surface area contributed by atoms with Crippen LogP contribution in [-0.2, 0) is 0 Å². The molecule has 0 aliphatic rings. The van der Waals surface area contributed by atoms with Crippen molar-refractivity contribution < 1.29 is 0 Å². The first-order chi connectivity index (χ1) is 5.25. The Morgan fingerprint density at radius 2 is 2.27 bits per heavy atom. The molecule has 11 heavy (non-hydrogen) atoms. The third-order valence-corrected chi connectivity index (χ3v) is 1.87. The second kappa shape index (κ2) is 2.27. The summed E-state index contributed by atoms with van der Waals surface area (Å²) in [4.78, 5) is 7.24. The largest absolute Gasteiger partial charge is 0.349 e. The van der Waals surface area contributed by atoms with Crippen molar-refractivity contribution in [1.29, 1.82) is 0 Å². The first-order valence-corrected chi connectivity index (χ1v) is 3.85. The topological polar surface area (TPSA) is 28.7 Å². The first kappa shape index (κ1) is 6.73. The highest BCUT2D eigenvalue weighted by molar-refractivity contribution is 7.80. The van der Waals surface area contributed by atoms with Crippen molar-refractivity contribution in [2.75, 3.05) is 0 Å². The second-order valence-corrected chi connectivity index (χ2v) is 3.05. The number of nitrogens with zero attached hydrogens (tertiary/aromatic N) is 1. The molecule has 0 aliphatic heterocycles. The minimum absolute atomic E-state index is 0.882. The van der Waals surface area contributed by atoms with Gasteiger partial charge in [0.25, 0.3) is 0 Å². The second-order valence-electron chi connectivity index (χ2n) is 2.57. The molecule has 0 amide bonds. The summed E-state index contributed by atoms with van der Waals surface area (Å²) in [6.45, 7) is 1.98. The monoisotopic (exact) mass is 164 g/mol. The molecule has 0 saturated heterocycles. The minimum atomic E-state index is 0.882. The zero-order valence-corrected chi connectivity index (χ0v) is 7.02. The molecule has 0 aliphatic carbocycles. The van der Waals surface area contributed by atoms with Crippen molar-refractivity contribution >= 4 is 23.5 Å². The fourth-order valence-corrected chi connectivity index (χ4v) is 1.39. The van der Waals surface area contributed by atoms with Gasteiger partial charge < -0.3 is 4.98 Å². The molecule has 2 aromatic rings. The Balaban J connectivity index is 2.82. The van der Waals surface area contributed by atoms with Crippen molar-refractivity contribution in [3.05, 3.63) is 24.0 Å². The molecule has 56 valence electrons. The van der Waals surface area contributed by atoms with Crippen molar-refractivity contribution in [3.8, 4) is 0 Å². The van der Waals surface area contributed by atoms with E-state index in [9.17, 15) is 0 Å². The molecular weight excluding hydrogens is 156 g/mol. The van der Waals surface area contributed by atoms with Crippen molar-refractivity contribution in [2.45, 2.75) is 11.9 Å². The van der Waals surface area contributed by atoms with Gasteiger partial charge in [0.2, 0.25) is 0 Å². The summed E-state index contributed by atoms with van der Waals surface area (Å²) < 4.78 is 0. The van der Waals surface area contributed by atoms with Crippen LogP contribution in [0.2, 0.25) is 0 Å². The zero-order chi connectivity index (χ0) is 7.84. The Morgan fingerprint density at radius 3 is 3.09 bits per heavy atom. The molecule has 0 spiro atoms. The fraction of sp³-hybridized carbons (Fsp3) is 0.125. The maximum Gasteiger partial charge on any atom is 0.0701 e. The Kier molecular flexibility index (Phi) is 1.39. The van der Waals surface area contributed by atoms with Gasteiger partial charge in [-0.25, -0.2) is 0 Å². The molecule has 0 atom stereocenters. The Hall–Kier alpha value is -0.960. The van der Waals surface area contributed by atoms with Crippen LogP contribution in [0.25, 0.3) is 10.9 Å². The highest BCUT2D eigenvalue weighted by atomic mass is 32.1. The average Bonchev–Trinajstić information content (AvgIpc) is 2.27. The van der Waals surface area contributed by atoms with E-state index >= 15 is 0 Å². The molecule has 3 heteroatoms. The number of aromatic nitrogens is 2. The van der Waals surface area contributed by atoms with Gasteiger partial charge in [-0.05, 0) is 19.1 Å². The Bertz CT molecular complexity index is 392. The number of pyridine rings is 1. The van der Waals surface area contributed by atoms with E-state index in [1.807, 2.05) is 25.3 Å². The Labute approximate surface area is 70.1 Å². The molecule has 2 heterocycles.